The Bertz CT molecular complexity index is 415. The molecule has 1 unspecified atom stereocenters. The molecule has 84 valence electrons. The lowest BCUT2D eigenvalue weighted by molar-refractivity contribution is -0.145. The quantitative estimate of drug-likeness (QED) is 0.723. The van der Waals surface area contributed by atoms with Crippen LogP contribution in [0.3, 0.4) is 0 Å². The minimum absolute atomic E-state index is 0.111. The second-order valence-corrected chi connectivity index (χ2v) is 3.15. The van der Waals surface area contributed by atoms with Crippen LogP contribution in [0.4, 0.5) is 4.39 Å². The zero-order chi connectivity index (χ0) is 12.0. The van der Waals surface area contributed by atoms with Crippen LogP contribution in [-0.4, -0.2) is 17.6 Å². The summed E-state index contributed by atoms with van der Waals surface area (Å²) < 4.78 is 17.5. The van der Waals surface area contributed by atoms with E-state index < -0.39 is 17.7 Å². The van der Waals surface area contributed by atoms with E-state index in [2.05, 4.69) is 4.98 Å². The molecule has 0 aromatic carbocycles. The van der Waals surface area contributed by atoms with E-state index in [1.165, 1.54) is 12.3 Å². The lowest BCUT2D eigenvalue weighted by Gasteiger charge is -2.07. The number of halogens is 1. The molecule has 0 bridgehead atoms. The zero-order valence-corrected chi connectivity index (χ0v) is 8.81. The predicted molar refractivity (Wildman–Crippen MR) is 53.6 cm³/mol. The van der Waals surface area contributed by atoms with Crippen molar-refractivity contribution in [2.24, 2.45) is 5.92 Å². The Labute approximate surface area is 92.7 Å². The Balaban J connectivity index is 2.71. The van der Waals surface area contributed by atoms with Crippen molar-refractivity contribution in [3.05, 3.63) is 29.8 Å². The monoisotopic (exact) mass is 222 g/mol. The van der Waals surface area contributed by atoms with Gasteiger partial charge in [0.2, 0.25) is 0 Å². The van der Waals surface area contributed by atoms with Crippen LogP contribution in [0, 0.1) is 23.1 Å². The van der Waals surface area contributed by atoms with Gasteiger partial charge in [0.05, 0.1) is 18.9 Å². The number of rotatable bonds is 4. The van der Waals surface area contributed by atoms with Gasteiger partial charge in [0, 0.05) is 12.6 Å². The summed E-state index contributed by atoms with van der Waals surface area (Å²) in [7, 11) is 0. The number of ether oxygens (including phenoxy) is 1. The summed E-state index contributed by atoms with van der Waals surface area (Å²) in [5.41, 5.74) is 0.500. The maximum atomic E-state index is 12.8. The van der Waals surface area contributed by atoms with Crippen LogP contribution in [0.1, 0.15) is 12.5 Å². The van der Waals surface area contributed by atoms with E-state index in [0.29, 0.717) is 5.56 Å². The minimum atomic E-state index is -0.913. The van der Waals surface area contributed by atoms with Crippen LogP contribution in [0.15, 0.2) is 18.5 Å². The second kappa shape index (κ2) is 5.81. The van der Waals surface area contributed by atoms with Gasteiger partial charge < -0.3 is 4.74 Å². The van der Waals surface area contributed by atoms with Crippen molar-refractivity contribution in [2.45, 2.75) is 13.3 Å². The van der Waals surface area contributed by atoms with Crippen LogP contribution in [0.25, 0.3) is 0 Å². The maximum absolute atomic E-state index is 12.8. The Kier molecular flexibility index (Phi) is 4.40. The number of carbonyl (C=O) groups excluding carboxylic acids is 1. The highest BCUT2D eigenvalue weighted by molar-refractivity contribution is 5.75. The minimum Gasteiger partial charge on any atom is -0.465 e. The largest absolute Gasteiger partial charge is 0.465 e. The van der Waals surface area contributed by atoms with Gasteiger partial charge in [-0.15, -0.1) is 0 Å². The molecular weight excluding hydrogens is 211 g/mol. The Morgan fingerprint density at radius 1 is 1.69 bits per heavy atom. The Morgan fingerprint density at radius 3 is 3.00 bits per heavy atom. The lowest BCUT2D eigenvalue weighted by atomic mass is 10.0. The molecule has 0 spiro atoms. The zero-order valence-electron chi connectivity index (χ0n) is 8.81. The SMILES string of the molecule is CCOC(=O)C(C#N)Cc1cncc(F)c1. The first-order chi connectivity index (χ1) is 7.67. The predicted octanol–water partition coefficient (Wildman–Crippen LogP) is 1.47. The molecule has 1 aromatic rings. The summed E-state index contributed by atoms with van der Waals surface area (Å²) in [5.74, 6) is -1.99. The molecule has 0 aliphatic carbocycles. The molecule has 1 aromatic heterocycles. The van der Waals surface area contributed by atoms with Gasteiger partial charge in [-0.1, -0.05) is 0 Å². The van der Waals surface area contributed by atoms with Crippen LogP contribution in [-0.2, 0) is 16.0 Å². The smallest absolute Gasteiger partial charge is 0.323 e. The summed E-state index contributed by atoms with van der Waals surface area (Å²) >= 11 is 0. The molecule has 1 atom stereocenters. The van der Waals surface area contributed by atoms with E-state index in [9.17, 15) is 9.18 Å². The average Bonchev–Trinajstić information content (AvgIpc) is 2.26. The van der Waals surface area contributed by atoms with Gasteiger partial charge >= 0.3 is 5.97 Å². The van der Waals surface area contributed by atoms with Gasteiger partial charge in [-0.05, 0) is 18.6 Å². The molecule has 0 aliphatic rings. The summed E-state index contributed by atoms with van der Waals surface area (Å²) in [6, 6.07) is 3.08. The molecule has 0 fully saturated rings. The molecule has 0 saturated carbocycles. The van der Waals surface area contributed by atoms with E-state index in [0.717, 1.165) is 6.20 Å². The number of nitriles is 1. The van der Waals surface area contributed by atoms with Gasteiger partial charge in [0.25, 0.3) is 0 Å². The molecule has 1 heterocycles. The highest BCUT2D eigenvalue weighted by atomic mass is 19.1. The van der Waals surface area contributed by atoms with E-state index in [-0.39, 0.29) is 13.0 Å². The normalized spacial score (nSPS) is 11.6. The summed E-state index contributed by atoms with van der Waals surface area (Å²) in [6.45, 7) is 1.88. The van der Waals surface area contributed by atoms with Gasteiger partial charge in [0.1, 0.15) is 11.7 Å². The van der Waals surface area contributed by atoms with E-state index >= 15 is 0 Å². The first-order valence-corrected chi connectivity index (χ1v) is 4.83. The molecular formula is C11H11FN2O2. The number of carbonyl (C=O) groups is 1. The fourth-order valence-corrected chi connectivity index (χ4v) is 1.23. The Hall–Kier alpha value is -1.96. The van der Waals surface area contributed by atoms with Gasteiger partial charge in [-0.3, -0.25) is 9.78 Å². The summed E-state index contributed by atoms with van der Waals surface area (Å²) in [6.07, 6.45) is 2.60. The van der Waals surface area contributed by atoms with Gasteiger partial charge in [0.15, 0.2) is 0 Å². The van der Waals surface area contributed by atoms with Crippen molar-refractivity contribution in [1.82, 2.24) is 4.98 Å². The van der Waals surface area contributed by atoms with Crippen molar-refractivity contribution in [1.29, 1.82) is 5.26 Å². The number of aromatic nitrogens is 1. The third-order valence-corrected chi connectivity index (χ3v) is 1.93. The van der Waals surface area contributed by atoms with Gasteiger partial charge in [-0.2, -0.15) is 5.26 Å². The number of esters is 1. The fourth-order valence-electron chi connectivity index (χ4n) is 1.23. The first-order valence-electron chi connectivity index (χ1n) is 4.83. The number of nitrogens with zero attached hydrogens (tertiary/aromatic N) is 2. The van der Waals surface area contributed by atoms with Crippen LogP contribution >= 0.6 is 0 Å². The van der Waals surface area contributed by atoms with Crippen molar-refractivity contribution < 1.29 is 13.9 Å². The third-order valence-electron chi connectivity index (χ3n) is 1.93. The molecule has 5 heteroatoms. The summed E-state index contributed by atoms with van der Waals surface area (Å²) in [4.78, 5) is 14.9. The molecule has 0 radical (unpaired) electrons. The fraction of sp³-hybridized carbons (Fsp3) is 0.364. The first kappa shape index (κ1) is 12.1. The third kappa shape index (κ3) is 3.31. The van der Waals surface area contributed by atoms with Crippen molar-refractivity contribution >= 4 is 5.97 Å². The molecule has 0 N–H and O–H groups in total. The molecule has 0 amide bonds. The average molecular weight is 222 g/mol. The standard InChI is InChI=1S/C11H11FN2O2/c1-2-16-11(15)9(5-13)3-8-4-10(12)7-14-6-8/h4,6-7,9H,2-3H2,1H3. The van der Waals surface area contributed by atoms with Crippen LogP contribution in [0.5, 0.6) is 0 Å². The number of hydrogen-bond acceptors (Lipinski definition) is 4. The summed E-state index contributed by atoms with van der Waals surface area (Å²) in [5, 5.41) is 8.79. The highest BCUT2D eigenvalue weighted by Crippen LogP contribution is 2.10. The number of hydrogen-bond donors (Lipinski definition) is 0. The highest BCUT2D eigenvalue weighted by Gasteiger charge is 2.19. The number of pyridine rings is 1. The molecule has 1 rings (SSSR count). The second-order valence-electron chi connectivity index (χ2n) is 3.15. The van der Waals surface area contributed by atoms with Crippen molar-refractivity contribution in [2.75, 3.05) is 6.61 Å². The van der Waals surface area contributed by atoms with Crippen LogP contribution < -0.4 is 0 Å². The van der Waals surface area contributed by atoms with E-state index in [1.807, 2.05) is 6.07 Å². The van der Waals surface area contributed by atoms with Crippen molar-refractivity contribution in [3.8, 4) is 6.07 Å². The van der Waals surface area contributed by atoms with Crippen molar-refractivity contribution in [3.63, 3.8) is 0 Å². The van der Waals surface area contributed by atoms with E-state index in [4.69, 9.17) is 10.00 Å². The van der Waals surface area contributed by atoms with Crippen LogP contribution in [0.2, 0.25) is 0 Å². The maximum Gasteiger partial charge on any atom is 0.323 e. The van der Waals surface area contributed by atoms with E-state index in [1.54, 1.807) is 6.92 Å². The Morgan fingerprint density at radius 2 is 2.44 bits per heavy atom. The molecule has 16 heavy (non-hydrogen) atoms. The topological polar surface area (TPSA) is 63.0 Å². The lowest BCUT2D eigenvalue weighted by Crippen LogP contribution is -2.18. The molecule has 4 nitrogen and oxygen atoms in total. The molecule has 0 saturated heterocycles. The van der Waals surface area contributed by atoms with Gasteiger partial charge in [-0.25, -0.2) is 4.39 Å². The molecule has 0 aliphatic heterocycles.